The van der Waals surface area contributed by atoms with Crippen molar-refractivity contribution < 1.29 is 14.3 Å². The fraction of sp³-hybridized carbons (Fsp3) is 0.529. The molecule has 2 fully saturated rings. The van der Waals surface area contributed by atoms with Crippen LogP contribution in [0.3, 0.4) is 0 Å². The molecule has 6 nitrogen and oxygen atoms in total. The molecule has 2 heterocycles. The van der Waals surface area contributed by atoms with Crippen LogP contribution in [0.4, 0.5) is 5.69 Å². The van der Waals surface area contributed by atoms with Crippen LogP contribution < -0.4 is 15.0 Å². The van der Waals surface area contributed by atoms with E-state index in [1.165, 1.54) is 0 Å². The number of ether oxygens (including phenoxy) is 1. The largest absolute Gasteiger partial charge is 0.497 e. The van der Waals surface area contributed by atoms with Gasteiger partial charge in [0.2, 0.25) is 11.8 Å². The van der Waals surface area contributed by atoms with Gasteiger partial charge >= 0.3 is 0 Å². The summed E-state index contributed by atoms with van der Waals surface area (Å²) in [6, 6.07) is 7.68. The monoisotopic (exact) mass is 317 g/mol. The number of piperazine rings is 1. The summed E-state index contributed by atoms with van der Waals surface area (Å²) in [6.07, 6.45) is 0.295. The molecule has 1 aromatic carbocycles. The Balaban J connectivity index is 1.67. The Morgan fingerprint density at radius 1 is 1.26 bits per heavy atom. The van der Waals surface area contributed by atoms with E-state index in [1.54, 1.807) is 12.0 Å². The van der Waals surface area contributed by atoms with Crippen LogP contribution in [0.5, 0.6) is 5.75 Å². The highest BCUT2D eigenvalue weighted by atomic mass is 16.5. The fourth-order valence-electron chi connectivity index (χ4n) is 3.28. The van der Waals surface area contributed by atoms with Gasteiger partial charge in [-0.3, -0.25) is 9.59 Å². The average molecular weight is 317 g/mol. The lowest BCUT2D eigenvalue weighted by molar-refractivity contribution is -0.136. The normalized spacial score (nSPS) is 24.9. The van der Waals surface area contributed by atoms with Crippen molar-refractivity contribution in [3.05, 3.63) is 24.3 Å². The maximum absolute atomic E-state index is 12.7. The SMILES string of the molecule is COc1ccc(N2CC(C(=O)N3CCNC(C)C3)CC2=O)cc1. The Bertz CT molecular complexity index is 587. The topological polar surface area (TPSA) is 61.9 Å². The predicted molar refractivity (Wildman–Crippen MR) is 87.5 cm³/mol. The van der Waals surface area contributed by atoms with Crippen molar-refractivity contribution in [1.29, 1.82) is 0 Å². The molecule has 0 aliphatic carbocycles. The van der Waals surface area contributed by atoms with E-state index in [-0.39, 0.29) is 17.7 Å². The summed E-state index contributed by atoms with van der Waals surface area (Å²) >= 11 is 0. The van der Waals surface area contributed by atoms with E-state index in [0.717, 1.165) is 24.5 Å². The molecular formula is C17H23N3O3. The molecule has 2 amide bonds. The van der Waals surface area contributed by atoms with E-state index in [0.29, 0.717) is 25.6 Å². The van der Waals surface area contributed by atoms with Gasteiger partial charge < -0.3 is 19.9 Å². The van der Waals surface area contributed by atoms with Gasteiger partial charge in [0.25, 0.3) is 0 Å². The zero-order valence-corrected chi connectivity index (χ0v) is 13.6. The summed E-state index contributed by atoms with van der Waals surface area (Å²) in [5, 5.41) is 3.33. The molecule has 2 aliphatic rings. The van der Waals surface area contributed by atoms with Crippen molar-refractivity contribution >= 4 is 17.5 Å². The van der Waals surface area contributed by atoms with Gasteiger partial charge in [0.15, 0.2) is 0 Å². The molecule has 0 saturated carbocycles. The van der Waals surface area contributed by atoms with Crippen LogP contribution in [-0.4, -0.2) is 56.0 Å². The summed E-state index contributed by atoms with van der Waals surface area (Å²) in [6.45, 7) is 4.78. The number of carbonyl (C=O) groups excluding carboxylic acids is 2. The number of methoxy groups -OCH3 is 1. The van der Waals surface area contributed by atoms with Crippen LogP contribution in [0.15, 0.2) is 24.3 Å². The molecule has 2 unspecified atom stereocenters. The Morgan fingerprint density at radius 2 is 2.00 bits per heavy atom. The van der Waals surface area contributed by atoms with Crippen molar-refractivity contribution in [1.82, 2.24) is 10.2 Å². The molecule has 2 aliphatic heterocycles. The summed E-state index contributed by atoms with van der Waals surface area (Å²) in [5.41, 5.74) is 0.819. The minimum Gasteiger partial charge on any atom is -0.497 e. The van der Waals surface area contributed by atoms with Gasteiger partial charge in [-0.15, -0.1) is 0 Å². The Labute approximate surface area is 136 Å². The lowest BCUT2D eigenvalue weighted by Gasteiger charge is -2.33. The Kier molecular flexibility index (Phi) is 4.52. The van der Waals surface area contributed by atoms with Crippen LogP contribution >= 0.6 is 0 Å². The number of nitrogens with zero attached hydrogens (tertiary/aromatic N) is 2. The maximum Gasteiger partial charge on any atom is 0.228 e. The van der Waals surface area contributed by atoms with E-state index in [9.17, 15) is 9.59 Å². The van der Waals surface area contributed by atoms with Crippen LogP contribution in [-0.2, 0) is 9.59 Å². The first-order valence-corrected chi connectivity index (χ1v) is 8.05. The molecule has 0 radical (unpaired) electrons. The molecule has 1 aromatic rings. The number of carbonyl (C=O) groups is 2. The maximum atomic E-state index is 12.7. The average Bonchev–Trinajstić information content (AvgIpc) is 2.96. The standard InChI is InChI=1S/C17H23N3O3/c1-12-10-19(8-7-18-12)17(22)13-9-16(21)20(11-13)14-3-5-15(23-2)6-4-14/h3-6,12-13,18H,7-11H2,1-2H3. The third-order valence-corrected chi connectivity index (χ3v) is 4.54. The number of rotatable bonds is 3. The van der Waals surface area contributed by atoms with Crippen molar-refractivity contribution in [3.63, 3.8) is 0 Å². The highest BCUT2D eigenvalue weighted by Gasteiger charge is 2.37. The molecule has 0 aromatic heterocycles. The molecule has 124 valence electrons. The summed E-state index contributed by atoms with van der Waals surface area (Å²) < 4.78 is 5.14. The molecular weight excluding hydrogens is 294 g/mol. The van der Waals surface area contributed by atoms with Gasteiger partial charge in [0.05, 0.1) is 13.0 Å². The fourth-order valence-corrected chi connectivity index (χ4v) is 3.28. The van der Waals surface area contributed by atoms with Crippen molar-refractivity contribution in [2.24, 2.45) is 5.92 Å². The lowest BCUT2D eigenvalue weighted by atomic mass is 10.1. The summed E-state index contributed by atoms with van der Waals surface area (Å²) in [4.78, 5) is 28.6. The third kappa shape index (κ3) is 3.32. The van der Waals surface area contributed by atoms with Gasteiger partial charge in [-0.25, -0.2) is 0 Å². The summed E-state index contributed by atoms with van der Waals surface area (Å²) in [7, 11) is 1.61. The molecule has 1 N–H and O–H groups in total. The first kappa shape index (κ1) is 15.8. The van der Waals surface area contributed by atoms with Crippen LogP contribution in [0.2, 0.25) is 0 Å². The van der Waals surface area contributed by atoms with Crippen LogP contribution in [0.25, 0.3) is 0 Å². The third-order valence-electron chi connectivity index (χ3n) is 4.54. The molecule has 0 bridgehead atoms. The Morgan fingerprint density at radius 3 is 2.65 bits per heavy atom. The first-order chi connectivity index (χ1) is 11.1. The zero-order valence-electron chi connectivity index (χ0n) is 13.6. The molecule has 6 heteroatoms. The number of benzene rings is 1. The second kappa shape index (κ2) is 6.58. The highest BCUT2D eigenvalue weighted by molar-refractivity contribution is 6.00. The van der Waals surface area contributed by atoms with Crippen molar-refractivity contribution in [2.75, 3.05) is 38.2 Å². The van der Waals surface area contributed by atoms with Crippen molar-refractivity contribution in [3.8, 4) is 5.75 Å². The van der Waals surface area contributed by atoms with E-state index in [4.69, 9.17) is 4.74 Å². The Hall–Kier alpha value is -2.08. The van der Waals surface area contributed by atoms with E-state index < -0.39 is 0 Å². The van der Waals surface area contributed by atoms with Crippen LogP contribution in [0.1, 0.15) is 13.3 Å². The minimum absolute atomic E-state index is 0.0108. The zero-order chi connectivity index (χ0) is 16.4. The van der Waals surface area contributed by atoms with Crippen LogP contribution in [0, 0.1) is 5.92 Å². The number of nitrogens with one attached hydrogen (secondary N) is 1. The smallest absolute Gasteiger partial charge is 0.228 e. The predicted octanol–water partition coefficient (Wildman–Crippen LogP) is 0.868. The molecule has 2 saturated heterocycles. The van der Waals surface area contributed by atoms with Gasteiger partial charge in [0.1, 0.15) is 5.75 Å². The second-order valence-electron chi connectivity index (χ2n) is 6.24. The number of hydrogen-bond donors (Lipinski definition) is 1. The summed E-state index contributed by atoms with van der Waals surface area (Å²) in [5.74, 6) is 0.622. The number of hydrogen-bond acceptors (Lipinski definition) is 4. The van der Waals surface area contributed by atoms with Crippen molar-refractivity contribution in [2.45, 2.75) is 19.4 Å². The molecule has 3 rings (SSSR count). The molecule has 2 atom stereocenters. The van der Waals surface area contributed by atoms with Gasteiger partial charge in [-0.2, -0.15) is 0 Å². The first-order valence-electron chi connectivity index (χ1n) is 8.05. The number of amides is 2. The van der Waals surface area contributed by atoms with Gasteiger partial charge in [0, 0.05) is 44.3 Å². The second-order valence-corrected chi connectivity index (χ2v) is 6.24. The highest BCUT2D eigenvalue weighted by Crippen LogP contribution is 2.28. The van der Waals surface area contributed by atoms with E-state index >= 15 is 0 Å². The molecule has 23 heavy (non-hydrogen) atoms. The quantitative estimate of drug-likeness (QED) is 0.898. The number of anilines is 1. The van der Waals surface area contributed by atoms with Gasteiger partial charge in [-0.1, -0.05) is 0 Å². The minimum atomic E-state index is -0.241. The van der Waals surface area contributed by atoms with E-state index in [1.807, 2.05) is 29.2 Å². The lowest BCUT2D eigenvalue weighted by Crippen LogP contribution is -2.53. The molecule has 0 spiro atoms. The van der Waals surface area contributed by atoms with Gasteiger partial charge in [-0.05, 0) is 31.2 Å². The van der Waals surface area contributed by atoms with E-state index in [2.05, 4.69) is 12.2 Å².